The Kier molecular flexibility index (Phi) is 7.49. The van der Waals surface area contributed by atoms with Gasteiger partial charge in [0.1, 0.15) is 5.54 Å². The first-order chi connectivity index (χ1) is 17.3. The van der Waals surface area contributed by atoms with Crippen molar-refractivity contribution in [3.63, 3.8) is 0 Å². The van der Waals surface area contributed by atoms with E-state index in [1.165, 1.54) is 48.8 Å². The second kappa shape index (κ2) is 10.5. The minimum atomic E-state index is -0.0348. The van der Waals surface area contributed by atoms with Gasteiger partial charge in [0.05, 0.1) is 20.1 Å². The molecule has 2 aromatic carbocycles. The van der Waals surface area contributed by atoms with Crippen LogP contribution in [0, 0.1) is 5.92 Å². The summed E-state index contributed by atoms with van der Waals surface area (Å²) in [5.41, 5.74) is 4.13. The van der Waals surface area contributed by atoms with E-state index in [4.69, 9.17) is 16.3 Å². The number of fused-ring (bicyclic) bond motifs is 1. The Morgan fingerprint density at radius 1 is 1.08 bits per heavy atom. The van der Waals surface area contributed by atoms with Gasteiger partial charge in [-0.05, 0) is 67.9 Å². The molecule has 3 aliphatic rings. The number of hydrogen-bond donors (Lipinski definition) is 0. The maximum Gasteiger partial charge on any atom is 0.310 e. The maximum atomic E-state index is 12.7. The second-order valence-electron chi connectivity index (χ2n) is 12.2. The van der Waals surface area contributed by atoms with E-state index in [0.717, 1.165) is 35.6 Å². The van der Waals surface area contributed by atoms with Crippen molar-refractivity contribution in [3.05, 3.63) is 70.2 Å². The van der Waals surface area contributed by atoms with Crippen molar-refractivity contribution in [1.82, 2.24) is 4.90 Å². The van der Waals surface area contributed by atoms with Crippen LogP contribution in [-0.4, -0.2) is 54.3 Å². The topological polar surface area (TPSA) is 29.5 Å². The molecule has 5 heteroatoms. The summed E-state index contributed by atoms with van der Waals surface area (Å²) in [6.07, 6.45) is 7.86. The van der Waals surface area contributed by atoms with E-state index in [-0.39, 0.29) is 11.5 Å². The average Bonchev–Trinajstić information content (AvgIpc) is 3.24. The molecular weight excluding hydrogens is 468 g/mol. The number of ether oxygens (including phenoxy) is 1. The molecule has 4 nitrogen and oxygen atoms in total. The molecule has 1 heterocycles. The zero-order chi connectivity index (χ0) is 25.3. The zero-order valence-electron chi connectivity index (χ0n) is 22.2. The van der Waals surface area contributed by atoms with Crippen molar-refractivity contribution in [1.29, 1.82) is 0 Å². The molecule has 0 bridgehead atoms. The van der Waals surface area contributed by atoms with Crippen LogP contribution in [0.3, 0.4) is 0 Å². The molecule has 3 atom stereocenters. The van der Waals surface area contributed by atoms with Gasteiger partial charge in [-0.15, -0.1) is 0 Å². The Hall–Kier alpha value is -1.88. The van der Waals surface area contributed by atoms with Crippen LogP contribution >= 0.6 is 11.6 Å². The van der Waals surface area contributed by atoms with Crippen LogP contribution in [0.1, 0.15) is 87.4 Å². The summed E-state index contributed by atoms with van der Waals surface area (Å²) >= 11 is 6.49. The summed E-state index contributed by atoms with van der Waals surface area (Å²) in [4.78, 5) is 15.3. The van der Waals surface area contributed by atoms with Gasteiger partial charge in [0, 0.05) is 29.9 Å². The molecule has 0 amide bonds. The fourth-order valence-electron chi connectivity index (χ4n) is 6.78. The second-order valence-corrected chi connectivity index (χ2v) is 12.7. The summed E-state index contributed by atoms with van der Waals surface area (Å²) in [6, 6.07) is 17.7. The Labute approximate surface area is 222 Å². The van der Waals surface area contributed by atoms with Crippen molar-refractivity contribution in [2.24, 2.45) is 5.92 Å². The van der Waals surface area contributed by atoms with Crippen LogP contribution in [0.25, 0.3) is 0 Å². The lowest BCUT2D eigenvalue weighted by Gasteiger charge is -2.53. The highest BCUT2D eigenvalue weighted by Crippen LogP contribution is 2.48. The standard InChI is InChI=1S/C31H42ClN2O2/c1-31(2)21-33(16-17-34(31,3)22-36-30(35)18-23-10-6-4-7-11-23)29-20-27(24-12-8-5-9-13-24)26-15-14-25(32)19-28(26)29/h5,8-9,12-15,19,23,27,29H,4,6-7,10-11,16-18,20-22H2,1-3H3/q+1/t27-,29+,34-/m0/s1. The molecule has 0 N–H and O–H groups in total. The highest BCUT2D eigenvalue weighted by atomic mass is 35.5. The molecule has 2 fully saturated rings. The summed E-state index contributed by atoms with van der Waals surface area (Å²) in [5, 5.41) is 0.814. The van der Waals surface area contributed by atoms with E-state index in [1.807, 2.05) is 6.07 Å². The van der Waals surface area contributed by atoms with E-state index >= 15 is 0 Å². The van der Waals surface area contributed by atoms with Gasteiger partial charge in [0.15, 0.2) is 0 Å². The highest BCUT2D eigenvalue weighted by Gasteiger charge is 2.49. The average molecular weight is 510 g/mol. The van der Waals surface area contributed by atoms with Gasteiger partial charge in [-0.3, -0.25) is 14.2 Å². The molecule has 5 rings (SSSR count). The fourth-order valence-corrected chi connectivity index (χ4v) is 6.96. The van der Waals surface area contributed by atoms with Gasteiger partial charge in [-0.1, -0.05) is 67.3 Å². The van der Waals surface area contributed by atoms with E-state index in [2.05, 4.69) is 68.3 Å². The van der Waals surface area contributed by atoms with Crippen molar-refractivity contribution in [2.45, 2.75) is 76.3 Å². The number of benzene rings is 2. The third-order valence-corrected chi connectivity index (χ3v) is 9.74. The zero-order valence-corrected chi connectivity index (χ0v) is 23.0. The van der Waals surface area contributed by atoms with Crippen LogP contribution in [0.15, 0.2) is 48.5 Å². The fraction of sp³-hybridized carbons (Fsp3) is 0.581. The Morgan fingerprint density at radius 2 is 1.83 bits per heavy atom. The molecule has 194 valence electrons. The highest BCUT2D eigenvalue weighted by molar-refractivity contribution is 6.30. The summed E-state index contributed by atoms with van der Waals surface area (Å²) in [6.45, 7) is 8.03. The van der Waals surface area contributed by atoms with Crippen molar-refractivity contribution < 1.29 is 14.0 Å². The number of hydrogen-bond acceptors (Lipinski definition) is 3. The number of carbonyl (C=O) groups is 1. The van der Waals surface area contributed by atoms with Gasteiger partial charge in [0.25, 0.3) is 0 Å². The van der Waals surface area contributed by atoms with E-state index in [1.54, 1.807) is 0 Å². The lowest BCUT2D eigenvalue weighted by molar-refractivity contribution is -0.974. The minimum absolute atomic E-state index is 0.00968. The first-order valence-corrected chi connectivity index (χ1v) is 14.2. The summed E-state index contributed by atoms with van der Waals surface area (Å²) in [5.74, 6) is 0.910. The maximum absolute atomic E-state index is 12.7. The van der Waals surface area contributed by atoms with Crippen LogP contribution in [0.2, 0.25) is 5.02 Å². The summed E-state index contributed by atoms with van der Waals surface area (Å²) < 4.78 is 6.69. The quantitative estimate of drug-likeness (QED) is 0.312. The first-order valence-electron chi connectivity index (χ1n) is 13.8. The lowest BCUT2D eigenvalue weighted by Crippen LogP contribution is -2.70. The van der Waals surface area contributed by atoms with E-state index in [9.17, 15) is 4.79 Å². The molecule has 0 radical (unpaired) electrons. The molecule has 36 heavy (non-hydrogen) atoms. The third-order valence-electron chi connectivity index (χ3n) is 9.51. The molecule has 1 saturated heterocycles. The van der Waals surface area contributed by atoms with E-state index < -0.39 is 0 Å². The number of quaternary nitrogens is 1. The molecule has 1 saturated carbocycles. The van der Waals surface area contributed by atoms with Crippen LogP contribution in [0.5, 0.6) is 0 Å². The number of likely N-dealkylation sites (N-methyl/N-ethyl adjacent to an activating group) is 1. The van der Waals surface area contributed by atoms with E-state index in [0.29, 0.717) is 31.0 Å². The molecule has 0 aromatic heterocycles. The number of carbonyl (C=O) groups excluding carboxylic acids is 1. The monoisotopic (exact) mass is 509 g/mol. The molecule has 0 spiro atoms. The predicted octanol–water partition coefficient (Wildman–Crippen LogP) is 6.93. The van der Waals surface area contributed by atoms with Gasteiger partial charge >= 0.3 is 5.97 Å². The lowest BCUT2D eigenvalue weighted by atomic mass is 9.87. The molecule has 2 aliphatic carbocycles. The third kappa shape index (κ3) is 5.23. The Morgan fingerprint density at radius 3 is 2.56 bits per heavy atom. The number of piperazine rings is 1. The largest absolute Gasteiger partial charge is 0.415 e. The number of esters is 1. The van der Waals surface area contributed by atoms with Crippen molar-refractivity contribution in [3.8, 4) is 0 Å². The molecule has 1 aliphatic heterocycles. The normalized spacial score (nSPS) is 28.6. The number of rotatable bonds is 6. The van der Waals surface area contributed by atoms with Gasteiger partial charge in [-0.25, -0.2) is 0 Å². The Bertz CT molecular complexity index is 1070. The first kappa shape index (κ1) is 25.8. The van der Waals surface area contributed by atoms with Crippen LogP contribution in [0.4, 0.5) is 0 Å². The van der Waals surface area contributed by atoms with Crippen molar-refractivity contribution in [2.75, 3.05) is 33.4 Å². The van der Waals surface area contributed by atoms with Gasteiger partial charge in [-0.2, -0.15) is 0 Å². The van der Waals surface area contributed by atoms with Crippen molar-refractivity contribution >= 4 is 17.6 Å². The smallest absolute Gasteiger partial charge is 0.310 e. The molecular formula is C31H42ClN2O2+. The molecule has 2 aromatic rings. The van der Waals surface area contributed by atoms with Gasteiger partial charge < -0.3 is 4.74 Å². The SMILES string of the molecule is CC1(C)CN([C@@H]2C[C@@H](c3ccccc3)c3ccc(Cl)cc32)CC[N@@+]1(C)COC(=O)CC1CCCCC1. The van der Waals surface area contributed by atoms with Gasteiger partial charge in [0.2, 0.25) is 6.73 Å². The number of nitrogens with zero attached hydrogens (tertiary/aromatic N) is 2. The minimum Gasteiger partial charge on any atom is -0.415 e. The predicted molar refractivity (Wildman–Crippen MR) is 146 cm³/mol. The summed E-state index contributed by atoms with van der Waals surface area (Å²) in [7, 11) is 2.26. The van der Waals surface area contributed by atoms with Crippen LogP contribution < -0.4 is 0 Å². The van der Waals surface area contributed by atoms with Crippen LogP contribution in [-0.2, 0) is 9.53 Å². The number of halogens is 1. The Balaban J connectivity index is 1.27. The molecule has 0 unspecified atom stereocenters.